The van der Waals surface area contributed by atoms with Crippen molar-refractivity contribution in [3.05, 3.63) is 0 Å². The predicted molar refractivity (Wildman–Crippen MR) is 46.6 cm³/mol. The van der Waals surface area contributed by atoms with Crippen LogP contribution in [0, 0.1) is 5.41 Å². The molecule has 0 unspecified atom stereocenters. The van der Waals surface area contributed by atoms with Gasteiger partial charge in [0.25, 0.3) is 0 Å². The smallest absolute Gasteiger partial charge is 0.309 e. The molecule has 11 heavy (non-hydrogen) atoms. The number of halogens is 2. The van der Waals surface area contributed by atoms with Gasteiger partial charge in [-0.1, -0.05) is 0 Å². The zero-order valence-corrected chi connectivity index (χ0v) is 8.00. The third-order valence-corrected chi connectivity index (χ3v) is 1.17. The number of hydrogen-bond acceptors (Lipinski definition) is 2. The molecule has 0 heterocycles. The van der Waals surface area contributed by atoms with Crippen molar-refractivity contribution in [2.75, 3.05) is 0 Å². The zero-order valence-electron chi connectivity index (χ0n) is 6.36. The molecule has 0 saturated heterocycles. The van der Waals surface area contributed by atoms with E-state index in [1.807, 2.05) is 0 Å². The molecule has 0 aromatic carbocycles. The molecular weight excluding hydrogens is 191 g/mol. The number of aldehydes is 1. The van der Waals surface area contributed by atoms with Gasteiger partial charge in [0.05, 0.1) is 5.41 Å². The average molecular weight is 203 g/mol. The van der Waals surface area contributed by atoms with Crippen LogP contribution in [0.3, 0.4) is 0 Å². The van der Waals surface area contributed by atoms with E-state index in [4.69, 9.17) is 5.11 Å². The molecule has 0 amide bonds. The topological polar surface area (TPSA) is 54.4 Å². The van der Waals surface area contributed by atoms with Gasteiger partial charge in [0.1, 0.15) is 6.29 Å². The molecule has 0 bridgehead atoms. The third-order valence-electron chi connectivity index (χ3n) is 1.17. The van der Waals surface area contributed by atoms with E-state index >= 15 is 0 Å². The molecule has 0 radical (unpaired) electrons. The summed E-state index contributed by atoms with van der Waals surface area (Å²) in [6, 6.07) is 0. The van der Waals surface area contributed by atoms with Gasteiger partial charge in [0.15, 0.2) is 0 Å². The van der Waals surface area contributed by atoms with Crippen LogP contribution >= 0.6 is 24.8 Å². The van der Waals surface area contributed by atoms with Gasteiger partial charge in [-0.25, -0.2) is 0 Å². The van der Waals surface area contributed by atoms with Crippen molar-refractivity contribution in [3.63, 3.8) is 0 Å². The Hall–Kier alpha value is -0.280. The summed E-state index contributed by atoms with van der Waals surface area (Å²) in [6.07, 6.45) is 0.691. The summed E-state index contributed by atoms with van der Waals surface area (Å²) >= 11 is 0. The monoisotopic (exact) mass is 202 g/mol. The van der Waals surface area contributed by atoms with Crippen LogP contribution in [0.2, 0.25) is 0 Å². The maximum atomic E-state index is 10.3. The van der Waals surface area contributed by atoms with Crippen LogP contribution in [0.25, 0.3) is 0 Å². The highest BCUT2D eigenvalue weighted by atomic mass is 35.5. The Balaban J connectivity index is -0.000000320. The summed E-state index contributed by atoms with van der Waals surface area (Å²) in [4.78, 5) is 20.1. The molecule has 3 nitrogen and oxygen atoms in total. The van der Waals surface area contributed by atoms with Gasteiger partial charge in [0, 0.05) is 6.42 Å². The molecule has 0 rings (SSSR count). The zero-order chi connectivity index (χ0) is 7.49. The Morgan fingerprint density at radius 2 is 1.82 bits per heavy atom. The normalized spacial score (nSPS) is 8.91. The Morgan fingerprint density at radius 3 is 1.91 bits per heavy atom. The molecule has 0 aromatic heterocycles. The van der Waals surface area contributed by atoms with Gasteiger partial charge < -0.3 is 9.90 Å². The Labute approximate surface area is 78.0 Å². The van der Waals surface area contributed by atoms with Crippen LogP contribution in [0.1, 0.15) is 20.3 Å². The molecule has 0 fully saturated rings. The second-order valence-corrected chi connectivity index (χ2v) is 2.56. The van der Waals surface area contributed by atoms with E-state index < -0.39 is 11.4 Å². The van der Waals surface area contributed by atoms with Gasteiger partial charge in [-0.2, -0.15) is 0 Å². The van der Waals surface area contributed by atoms with E-state index in [1.54, 1.807) is 0 Å². The third kappa shape index (κ3) is 6.13. The number of aliphatic carboxylic acids is 1. The van der Waals surface area contributed by atoms with Crippen LogP contribution < -0.4 is 0 Å². The first-order valence-corrected chi connectivity index (χ1v) is 2.68. The summed E-state index contributed by atoms with van der Waals surface area (Å²) in [5, 5.41) is 8.41. The lowest BCUT2D eigenvalue weighted by molar-refractivity contribution is -0.148. The summed E-state index contributed by atoms with van der Waals surface area (Å²) < 4.78 is 0. The van der Waals surface area contributed by atoms with E-state index in [1.165, 1.54) is 13.8 Å². The summed E-state index contributed by atoms with van der Waals surface area (Å²) in [5.41, 5.74) is -0.901. The predicted octanol–water partition coefficient (Wildman–Crippen LogP) is 1.53. The molecule has 0 spiro atoms. The van der Waals surface area contributed by atoms with Crippen molar-refractivity contribution < 1.29 is 14.7 Å². The molecule has 68 valence electrons. The van der Waals surface area contributed by atoms with Gasteiger partial charge in [-0.05, 0) is 13.8 Å². The number of carbonyl (C=O) groups excluding carboxylic acids is 1. The van der Waals surface area contributed by atoms with Gasteiger partial charge in [0.2, 0.25) is 0 Å². The molecule has 1 N–H and O–H groups in total. The minimum atomic E-state index is -0.936. The second-order valence-electron chi connectivity index (χ2n) is 2.56. The van der Waals surface area contributed by atoms with Crippen molar-refractivity contribution in [1.82, 2.24) is 0 Å². The second kappa shape index (κ2) is 6.43. The lowest BCUT2D eigenvalue weighted by atomic mass is 9.91. The maximum Gasteiger partial charge on any atom is 0.309 e. The molecule has 0 aliphatic carbocycles. The SMILES string of the molecule is CC(C)(CC=O)C(=O)O.Cl.Cl. The van der Waals surface area contributed by atoms with Gasteiger partial charge in [-0.15, -0.1) is 24.8 Å². The molecular formula is C6H12Cl2O3. The van der Waals surface area contributed by atoms with Crippen molar-refractivity contribution >= 4 is 37.1 Å². The van der Waals surface area contributed by atoms with Crippen molar-refractivity contribution in [1.29, 1.82) is 0 Å². The fourth-order valence-electron chi connectivity index (χ4n) is 0.296. The molecule has 0 saturated carbocycles. The number of hydrogen-bond donors (Lipinski definition) is 1. The summed E-state index contributed by atoms with van der Waals surface area (Å²) in [6.45, 7) is 3.04. The Morgan fingerprint density at radius 1 is 1.45 bits per heavy atom. The van der Waals surface area contributed by atoms with Crippen LogP contribution in [-0.4, -0.2) is 17.4 Å². The first-order chi connectivity index (χ1) is 4.00. The van der Waals surface area contributed by atoms with Crippen molar-refractivity contribution in [3.8, 4) is 0 Å². The fraction of sp³-hybridized carbons (Fsp3) is 0.667. The Kier molecular flexibility index (Phi) is 9.94. The highest BCUT2D eigenvalue weighted by Gasteiger charge is 2.25. The van der Waals surface area contributed by atoms with E-state index in [9.17, 15) is 9.59 Å². The van der Waals surface area contributed by atoms with Gasteiger partial charge in [-0.3, -0.25) is 4.79 Å². The molecule has 0 aromatic rings. The lowest BCUT2D eigenvalue weighted by Gasteiger charge is -2.13. The molecule has 5 heteroatoms. The largest absolute Gasteiger partial charge is 0.481 e. The first-order valence-electron chi connectivity index (χ1n) is 2.68. The van der Waals surface area contributed by atoms with Crippen LogP contribution in [-0.2, 0) is 9.59 Å². The number of carbonyl (C=O) groups is 2. The van der Waals surface area contributed by atoms with E-state index in [2.05, 4.69) is 0 Å². The highest BCUT2D eigenvalue weighted by molar-refractivity contribution is 5.85. The molecule has 0 aliphatic rings. The van der Waals surface area contributed by atoms with E-state index in [0.29, 0.717) is 6.29 Å². The summed E-state index contributed by atoms with van der Waals surface area (Å²) in [5.74, 6) is -0.936. The summed E-state index contributed by atoms with van der Waals surface area (Å²) in [7, 11) is 0. The lowest BCUT2D eigenvalue weighted by Crippen LogP contribution is -2.23. The number of carboxylic acids is 1. The average Bonchev–Trinajstić information content (AvgIpc) is 1.65. The van der Waals surface area contributed by atoms with E-state index in [0.717, 1.165) is 0 Å². The minimum absolute atomic E-state index is 0. The van der Waals surface area contributed by atoms with Crippen molar-refractivity contribution in [2.45, 2.75) is 20.3 Å². The quantitative estimate of drug-likeness (QED) is 0.707. The first kappa shape index (κ1) is 17.0. The van der Waals surface area contributed by atoms with Gasteiger partial charge >= 0.3 is 5.97 Å². The van der Waals surface area contributed by atoms with Crippen LogP contribution in [0.5, 0.6) is 0 Å². The van der Waals surface area contributed by atoms with Crippen LogP contribution in [0.4, 0.5) is 0 Å². The van der Waals surface area contributed by atoms with E-state index in [-0.39, 0.29) is 31.2 Å². The fourth-order valence-corrected chi connectivity index (χ4v) is 0.296. The maximum absolute atomic E-state index is 10.3. The number of rotatable bonds is 3. The molecule has 0 aliphatic heterocycles. The minimum Gasteiger partial charge on any atom is -0.481 e. The highest BCUT2D eigenvalue weighted by Crippen LogP contribution is 2.17. The van der Waals surface area contributed by atoms with Crippen molar-refractivity contribution in [2.24, 2.45) is 5.41 Å². The standard InChI is InChI=1S/C6H10O3.2ClH/c1-6(2,3-4-7)5(8)9;;/h4H,3H2,1-2H3,(H,8,9);2*1H. The van der Waals surface area contributed by atoms with Crippen LogP contribution in [0.15, 0.2) is 0 Å². The Bertz CT molecular complexity index is 134. The number of carboxylic acid groups (broad SMARTS) is 1. The molecule has 0 atom stereocenters.